The Morgan fingerprint density at radius 3 is 2.58 bits per heavy atom. The summed E-state index contributed by atoms with van der Waals surface area (Å²) in [4.78, 5) is 0. The normalized spacial score (nSPS) is 27.2. The molecule has 0 aromatic rings. The van der Waals surface area contributed by atoms with Crippen molar-refractivity contribution in [2.75, 3.05) is 6.61 Å². The van der Waals surface area contributed by atoms with Gasteiger partial charge in [-0.05, 0) is 19.3 Å². The number of aliphatic hydroxyl groups is 1. The molecule has 0 aliphatic carbocycles. The Labute approximate surface area is 74.9 Å². The van der Waals surface area contributed by atoms with Crippen molar-refractivity contribution in [1.82, 2.24) is 0 Å². The summed E-state index contributed by atoms with van der Waals surface area (Å²) >= 11 is 0. The zero-order valence-corrected chi connectivity index (χ0v) is 8.34. The summed E-state index contributed by atoms with van der Waals surface area (Å²) in [5, 5.41) is 9.84. The first-order chi connectivity index (χ1) is 5.52. The van der Waals surface area contributed by atoms with Crippen LogP contribution in [0.15, 0.2) is 0 Å². The second-order valence-electron chi connectivity index (χ2n) is 4.47. The molecule has 0 amide bonds. The lowest BCUT2D eigenvalue weighted by molar-refractivity contribution is 0.0187. The Balaban J connectivity index is 2.12. The zero-order chi connectivity index (χ0) is 9.19. The van der Waals surface area contributed by atoms with Crippen LogP contribution in [0.4, 0.5) is 0 Å². The molecular weight excluding hydrogens is 152 g/mol. The van der Waals surface area contributed by atoms with E-state index in [4.69, 9.17) is 4.74 Å². The smallest absolute Gasteiger partial charge is 0.109 e. The van der Waals surface area contributed by atoms with Crippen LogP contribution in [0.1, 0.15) is 40.0 Å². The first-order valence-corrected chi connectivity index (χ1v) is 4.86. The molecule has 1 aliphatic rings. The topological polar surface area (TPSA) is 32.8 Å². The predicted octanol–water partition coefficient (Wildman–Crippen LogP) is 1.96. The Kier molecular flexibility index (Phi) is 3.13. The van der Waals surface area contributed by atoms with E-state index in [0.717, 1.165) is 25.4 Å². The fourth-order valence-corrected chi connectivity index (χ4v) is 1.44. The first kappa shape index (κ1) is 10.0. The number of hydrogen-bond acceptors (Lipinski definition) is 2. The Bertz CT molecular complexity index is 137. The maximum atomic E-state index is 9.84. The van der Waals surface area contributed by atoms with Gasteiger partial charge in [-0.25, -0.2) is 0 Å². The monoisotopic (exact) mass is 172 g/mol. The van der Waals surface area contributed by atoms with Gasteiger partial charge in [-0.1, -0.05) is 26.7 Å². The van der Waals surface area contributed by atoms with Crippen LogP contribution < -0.4 is 0 Å². The molecule has 0 spiro atoms. The van der Waals surface area contributed by atoms with Crippen LogP contribution in [0.5, 0.6) is 0 Å². The molecule has 0 aromatic carbocycles. The molecule has 0 bridgehead atoms. The van der Waals surface area contributed by atoms with Gasteiger partial charge in [-0.15, -0.1) is 0 Å². The van der Waals surface area contributed by atoms with Crippen LogP contribution in [-0.2, 0) is 4.74 Å². The summed E-state index contributed by atoms with van der Waals surface area (Å²) in [7, 11) is 0. The highest BCUT2D eigenvalue weighted by atomic mass is 16.6. The average molecular weight is 172 g/mol. The Morgan fingerprint density at radius 1 is 1.58 bits per heavy atom. The molecule has 2 nitrogen and oxygen atoms in total. The lowest BCUT2D eigenvalue weighted by Crippen LogP contribution is -2.31. The van der Waals surface area contributed by atoms with Crippen molar-refractivity contribution in [2.24, 2.45) is 5.92 Å². The van der Waals surface area contributed by atoms with Crippen LogP contribution in [0, 0.1) is 5.92 Å². The van der Waals surface area contributed by atoms with Crippen molar-refractivity contribution in [3.8, 4) is 0 Å². The van der Waals surface area contributed by atoms with E-state index in [0.29, 0.717) is 0 Å². The summed E-state index contributed by atoms with van der Waals surface area (Å²) in [6.45, 7) is 7.05. The lowest BCUT2D eigenvalue weighted by Gasteiger charge is -2.20. The van der Waals surface area contributed by atoms with Crippen LogP contribution in [-0.4, -0.2) is 23.4 Å². The average Bonchev–Trinajstić information content (AvgIpc) is 2.65. The van der Waals surface area contributed by atoms with E-state index in [1.807, 2.05) is 6.92 Å². The third-order valence-corrected chi connectivity index (χ3v) is 2.49. The highest BCUT2D eigenvalue weighted by Crippen LogP contribution is 2.29. The van der Waals surface area contributed by atoms with Gasteiger partial charge in [0.15, 0.2) is 0 Å². The van der Waals surface area contributed by atoms with Crippen LogP contribution in [0.2, 0.25) is 0 Å². The largest absolute Gasteiger partial charge is 0.387 e. The van der Waals surface area contributed by atoms with E-state index < -0.39 is 5.60 Å². The quantitative estimate of drug-likeness (QED) is 0.643. The van der Waals surface area contributed by atoms with Crippen LogP contribution >= 0.6 is 0 Å². The molecule has 1 aliphatic heterocycles. The second kappa shape index (κ2) is 3.75. The lowest BCUT2D eigenvalue weighted by atomic mass is 9.93. The number of epoxide rings is 1. The molecule has 0 radical (unpaired) electrons. The molecule has 2 heteroatoms. The summed E-state index contributed by atoms with van der Waals surface area (Å²) in [5.41, 5.74) is -0.575. The third-order valence-electron chi connectivity index (χ3n) is 2.49. The molecule has 2 atom stereocenters. The highest BCUT2D eigenvalue weighted by Gasteiger charge is 2.40. The summed E-state index contributed by atoms with van der Waals surface area (Å²) < 4.78 is 5.08. The molecule has 1 N–H and O–H groups in total. The third kappa shape index (κ3) is 3.11. The maximum absolute atomic E-state index is 9.84. The fraction of sp³-hybridized carbons (Fsp3) is 1.00. The number of hydrogen-bond donors (Lipinski definition) is 1. The van der Waals surface area contributed by atoms with Gasteiger partial charge in [0.2, 0.25) is 0 Å². The summed E-state index contributed by atoms with van der Waals surface area (Å²) in [6, 6.07) is 0. The minimum Gasteiger partial charge on any atom is -0.387 e. The number of rotatable bonds is 5. The van der Waals surface area contributed by atoms with E-state index in [-0.39, 0.29) is 6.10 Å². The SMILES string of the molecule is CC(C)CCC[C@@](C)(O)C1CO1. The van der Waals surface area contributed by atoms with Gasteiger partial charge in [0.25, 0.3) is 0 Å². The van der Waals surface area contributed by atoms with Crippen molar-refractivity contribution in [1.29, 1.82) is 0 Å². The highest BCUT2D eigenvalue weighted by molar-refractivity contribution is 4.90. The molecule has 12 heavy (non-hydrogen) atoms. The first-order valence-electron chi connectivity index (χ1n) is 4.86. The minimum atomic E-state index is -0.575. The zero-order valence-electron chi connectivity index (χ0n) is 8.34. The minimum absolute atomic E-state index is 0.115. The summed E-state index contributed by atoms with van der Waals surface area (Å²) in [6.07, 6.45) is 3.29. The fourth-order valence-electron chi connectivity index (χ4n) is 1.44. The van der Waals surface area contributed by atoms with Gasteiger partial charge in [0.1, 0.15) is 6.10 Å². The van der Waals surface area contributed by atoms with Gasteiger partial charge >= 0.3 is 0 Å². The number of ether oxygens (including phenoxy) is 1. The molecule has 72 valence electrons. The molecular formula is C10H20O2. The molecule has 1 saturated heterocycles. The molecule has 1 fully saturated rings. The summed E-state index contributed by atoms with van der Waals surface area (Å²) in [5.74, 6) is 0.737. The van der Waals surface area contributed by atoms with E-state index in [1.54, 1.807) is 0 Å². The predicted molar refractivity (Wildman–Crippen MR) is 49.1 cm³/mol. The molecule has 0 aromatic heterocycles. The molecule has 1 rings (SSSR count). The van der Waals surface area contributed by atoms with E-state index in [1.165, 1.54) is 6.42 Å². The van der Waals surface area contributed by atoms with Crippen molar-refractivity contribution in [3.05, 3.63) is 0 Å². The van der Waals surface area contributed by atoms with Gasteiger partial charge in [0, 0.05) is 0 Å². The molecule has 0 saturated carbocycles. The van der Waals surface area contributed by atoms with E-state index >= 15 is 0 Å². The van der Waals surface area contributed by atoms with Gasteiger partial charge < -0.3 is 9.84 Å². The van der Waals surface area contributed by atoms with E-state index in [9.17, 15) is 5.11 Å². The maximum Gasteiger partial charge on any atom is 0.109 e. The van der Waals surface area contributed by atoms with Crippen molar-refractivity contribution >= 4 is 0 Å². The molecule has 1 heterocycles. The standard InChI is InChI=1S/C10H20O2/c1-8(2)5-4-6-10(3,11)9-7-12-9/h8-9,11H,4-7H2,1-3H3/t9?,10-/m1/s1. The van der Waals surface area contributed by atoms with Crippen LogP contribution in [0.25, 0.3) is 0 Å². The Hall–Kier alpha value is -0.0800. The Morgan fingerprint density at radius 2 is 2.17 bits per heavy atom. The van der Waals surface area contributed by atoms with E-state index in [2.05, 4.69) is 13.8 Å². The van der Waals surface area contributed by atoms with Crippen molar-refractivity contribution in [2.45, 2.75) is 51.7 Å². The van der Waals surface area contributed by atoms with Crippen molar-refractivity contribution < 1.29 is 9.84 Å². The van der Waals surface area contributed by atoms with Crippen molar-refractivity contribution in [3.63, 3.8) is 0 Å². The molecule has 1 unspecified atom stereocenters. The second-order valence-corrected chi connectivity index (χ2v) is 4.47. The van der Waals surface area contributed by atoms with Crippen LogP contribution in [0.3, 0.4) is 0 Å². The van der Waals surface area contributed by atoms with Gasteiger partial charge in [-0.2, -0.15) is 0 Å². The van der Waals surface area contributed by atoms with Gasteiger partial charge in [0.05, 0.1) is 12.2 Å². The van der Waals surface area contributed by atoms with Gasteiger partial charge in [-0.3, -0.25) is 0 Å².